The van der Waals surface area contributed by atoms with Gasteiger partial charge in [0.05, 0.1) is 23.3 Å². The number of anilines is 2. The number of rotatable bonds is 7. The maximum atomic E-state index is 16.0. The zero-order chi connectivity index (χ0) is 29.9. The van der Waals surface area contributed by atoms with E-state index in [-0.39, 0.29) is 24.1 Å². The summed E-state index contributed by atoms with van der Waals surface area (Å²) in [5, 5.41) is 12.8. The minimum atomic E-state index is -1.46. The molecule has 0 amide bonds. The molecule has 218 valence electrons. The van der Waals surface area contributed by atoms with Crippen LogP contribution in [0.3, 0.4) is 0 Å². The topological polar surface area (TPSA) is 116 Å². The fourth-order valence-electron chi connectivity index (χ4n) is 6.34. The van der Waals surface area contributed by atoms with Crippen molar-refractivity contribution in [1.29, 1.82) is 0 Å². The van der Waals surface area contributed by atoms with E-state index < -0.39 is 28.4 Å². The lowest BCUT2D eigenvalue weighted by Gasteiger charge is -2.28. The number of carbonyl (C=O) groups is 1. The largest absolute Gasteiger partial charge is 0.477 e. The molecule has 1 atom stereocenters. The second-order valence-electron chi connectivity index (χ2n) is 11.2. The third-order valence-electron chi connectivity index (χ3n) is 8.07. The molecule has 1 aliphatic carbocycles. The van der Waals surface area contributed by atoms with E-state index in [0.29, 0.717) is 47.5 Å². The van der Waals surface area contributed by atoms with Gasteiger partial charge in [-0.15, -0.1) is 0 Å². The molecule has 12 heteroatoms. The Bertz CT molecular complexity index is 1820. The van der Waals surface area contributed by atoms with Crippen molar-refractivity contribution in [2.75, 3.05) is 63.5 Å². The van der Waals surface area contributed by atoms with Crippen molar-refractivity contribution in [3.8, 4) is 22.3 Å². The minimum Gasteiger partial charge on any atom is -0.477 e. The van der Waals surface area contributed by atoms with Gasteiger partial charge in [0.15, 0.2) is 5.65 Å². The van der Waals surface area contributed by atoms with Gasteiger partial charge in [0, 0.05) is 81.0 Å². The van der Waals surface area contributed by atoms with Gasteiger partial charge in [0.1, 0.15) is 17.0 Å². The van der Waals surface area contributed by atoms with Crippen molar-refractivity contribution in [3.63, 3.8) is 0 Å². The Morgan fingerprint density at radius 2 is 1.95 bits per heavy atom. The molecule has 6 rings (SSSR count). The first kappa shape index (κ1) is 27.6. The molecule has 1 unspecified atom stereocenters. The van der Waals surface area contributed by atoms with Crippen molar-refractivity contribution in [2.24, 2.45) is 0 Å². The van der Waals surface area contributed by atoms with Crippen molar-refractivity contribution in [1.82, 2.24) is 19.5 Å². The maximum Gasteiger partial charge on any atom is 0.341 e. The maximum absolute atomic E-state index is 16.0. The van der Waals surface area contributed by atoms with E-state index >= 15 is 4.39 Å². The summed E-state index contributed by atoms with van der Waals surface area (Å²) in [5.74, 6) is -1.76. The summed E-state index contributed by atoms with van der Waals surface area (Å²) in [7, 11) is 7.00. The highest BCUT2D eigenvalue weighted by Gasteiger charge is 2.41. The molecule has 1 fully saturated rings. The smallest absolute Gasteiger partial charge is 0.341 e. The molecule has 10 nitrogen and oxygen atoms in total. The van der Waals surface area contributed by atoms with Gasteiger partial charge in [-0.3, -0.25) is 9.78 Å². The molecule has 3 aromatic heterocycles. The van der Waals surface area contributed by atoms with Gasteiger partial charge >= 0.3 is 5.97 Å². The zero-order valence-corrected chi connectivity index (χ0v) is 23.8. The standard InChI is InChI=1S/C30H31F2N7O3/c1-33-23-9-17(31)8-19-18(23)10-24-25(19)26(38-6-5-30(32,15-38)14-37(3)4)21(12-35-24)16-7-20-27(40)22(29(41)42)13-39(34-2)28(20)36-11-16/h7-9,11-13,33-34H,5-6,10,14-15H2,1-4H3,(H,41,42). The highest BCUT2D eigenvalue weighted by atomic mass is 19.1. The van der Waals surface area contributed by atoms with Gasteiger partial charge in [-0.05, 0) is 43.4 Å². The summed E-state index contributed by atoms with van der Waals surface area (Å²) in [6, 6.07) is 4.53. The van der Waals surface area contributed by atoms with Crippen molar-refractivity contribution in [2.45, 2.75) is 18.5 Å². The van der Waals surface area contributed by atoms with Gasteiger partial charge in [0.25, 0.3) is 0 Å². The third-order valence-corrected chi connectivity index (χ3v) is 8.07. The predicted molar refractivity (Wildman–Crippen MR) is 158 cm³/mol. The second kappa shape index (κ2) is 10.1. The number of alkyl halides is 1. The van der Waals surface area contributed by atoms with Gasteiger partial charge in [-0.2, -0.15) is 0 Å². The second-order valence-corrected chi connectivity index (χ2v) is 11.2. The average Bonchev–Trinajstić information content (AvgIpc) is 3.51. The first-order valence-electron chi connectivity index (χ1n) is 13.6. The summed E-state index contributed by atoms with van der Waals surface area (Å²) >= 11 is 0. The minimum absolute atomic E-state index is 0.103. The Kier molecular flexibility index (Phi) is 6.60. The molecule has 1 saturated heterocycles. The Morgan fingerprint density at radius 1 is 1.17 bits per heavy atom. The van der Waals surface area contributed by atoms with Crippen LogP contribution in [0.5, 0.6) is 0 Å². The number of aromatic nitrogens is 3. The molecule has 0 bridgehead atoms. The quantitative estimate of drug-likeness (QED) is 0.268. The Hall–Kier alpha value is -4.58. The number of nitrogens with one attached hydrogen (secondary N) is 2. The number of nitrogens with zero attached hydrogens (tertiary/aromatic N) is 5. The number of carboxylic acid groups (broad SMARTS) is 1. The molecule has 0 spiro atoms. The Labute approximate surface area is 240 Å². The Morgan fingerprint density at radius 3 is 2.64 bits per heavy atom. The van der Waals surface area contributed by atoms with E-state index in [4.69, 9.17) is 4.98 Å². The fraction of sp³-hybridized carbons (Fsp3) is 0.333. The van der Waals surface area contributed by atoms with Crippen LogP contribution in [0.15, 0.2) is 41.6 Å². The summed E-state index contributed by atoms with van der Waals surface area (Å²) in [6.45, 7) is 0.795. The number of fused-ring (bicyclic) bond motifs is 4. The molecule has 1 aliphatic heterocycles. The number of halogens is 2. The normalized spacial score (nSPS) is 17.5. The highest BCUT2D eigenvalue weighted by Crippen LogP contribution is 2.50. The van der Waals surface area contributed by atoms with E-state index in [1.807, 2.05) is 23.9 Å². The van der Waals surface area contributed by atoms with Crippen LogP contribution in [-0.2, 0) is 6.42 Å². The summed E-state index contributed by atoms with van der Waals surface area (Å²) in [6.07, 6.45) is 5.25. The predicted octanol–water partition coefficient (Wildman–Crippen LogP) is 3.56. The van der Waals surface area contributed by atoms with Crippen LogP contribution in [0, 0.1) is 5.82 Å². The monoisotopic (exact) mass is 575 g/mol. The molecule has 0 saturated carbocycles. The van der Waals surface area contributed by atoms with Gasteiger partial charge in [-0.1, -0.05) is 0 Å². The molecule has 42 heavy (non-hydrogen) atoms. The summed E-state index contributed by atoms with van der Waals surface area (Å²) in [5.41, 5.74) is 6.06. The lowest BCUT2D eigenvalue weighted by molar-refractivity contribution is 0.0695. The number of hydrogen-bond acceptors (Lipinski definition) is 8. The molecule has 0 radical (unpaired) electrons. The molecule has 2 aliphatic rings. The number of pyridine rings is 3. The zero-order valence-electron chi connectivity index (χ0n) is 23.8. The number of carboxylic acids is 1. The molecular formula is C30H31F2N7O3. The van der Waals surface area contributed by atoms with E-state index in [0.717, 1.165) is 16.8 Å². The first-order chi connectivity index (χ1) is 20.0. The number of hydrogen-bond donors (Lipinski definition) is 3. The van der Waals surface area contributed by atoms with Crippen LogP contribution in [0.25, 0.3) is 33.3 Å². The number of aromatic carboxylic acids is 1. The van der Waals surface area contributed by atoms with Gasteiger partial charge in [0.2, 0.25) is 5.43 Å². The SMILES string of the molecule is CNc1cc(F)cc2c1Cc1ncc(-c3cnc4c(c3)c(=O)c(C(=O)O)cn4NC)c(N3CCC(F)(CN(C)C)C3)c1-2. The fourth-order valence-corrected chi connectivity index (χ4v) is 6.34. The number of benzene rings is 1. The average molecular weight is 576 g/mol. The van der Waals surface area contributed by atoms with Crippen LogP contribution in [0.2, 0.25) is 0 Å². The highest BCUT2D eigenvalue weighted by molar-refractivity contribution is 5.98. The van der Waals surface area contributed by atoms with Crippen LogP contribution >= 0.6 is 0 Å². The summed E-state index contributed by atoms with van der Waals surface area (Å²) < 4.78 is 32.3. The molecule has 4 aromatic rings. The van der Waals surface area contributed by atoms with Crippen LogP contribution < -0.4 is 21.1 Å². The van der Waals surface area contributed by atoms with Crippen LogP contribution in [0.4, 0.5) is 20.2 Å². The Balaban J connectivity index is 1.61. The summed E-state index contributed by atoms with van der Waals surface area (Å²) in [4.78, 5) is 38.1. The van der Waals surface area contributed by atoms with Gasteiger partial charge < -0.3 is 25.6 Å². The van der Waals surface area contributed by atoms with Crippen molar-refractivity contribution in [3.05, 3.63) is 69.7 Å². The first-order valence-corrected chi connectivity index (χ1v) is 13.6. The van der Waals surface area contributed by atoms with Crippen LogP contribution in [0.1, 0.15) is 28.0 Å². The van der Waals surface area contributed by atoms with Crippen LogP contribution in [-0.4, -0.2) is 84.1 Å². The van der Waals surface area contributed by atoms with Gasteiger partial charge in [-0.25, -0.2) is 23.2 Å². The van der Waals surface area contributed by atoms with E-state index in [2.05, 4.69) is 15.7 Å². The molecule has 1 aromatic carbocycles. The van der Waals surface area contributed by atoms with Crippen molar-refractivity contribution < 1.29 is 18.7 Å². The molecule has 4 heterocycles. The van der Waals surface area contributed by atoms with Crippen molar-refractivity contribution >= 4 is 28.4 Å². The molecular weight excluding hydrogens is 544 g/mol. The van der Waals surface area contributed by atoms with E-state index in [1.54, 1.807) is 32.6 Å². The third kappa shape index (κ3) is 4.42. The lowest BCUT2D eigenvalue weighted by atomic mass is 9.97. The lowest BCUT2D eigenvalue weighted by Crippen LogP contribution is -2.39. The molecule has 3 N–H and O–H groups in total. The van der Waals surface area contributed by atoms with E-state index in [9.17, 15) is 19.1 Å². The van der Waals surface area contributed by atoms with E-state index in [1.165, 1.54) is 23.0 Å².